The van der Waals surface area contributed by atoms with E-state index < -0.39 is 0 Å². The highest BCUT2D eigenvalue weighted by Crippen LogP contribution is 2.39. The number of anilines is 1. The fraction of sp³-hybridized carbons (Fsp3) is 0.286. The second-order valence-electron chi connectivity index (χ2n) is 4.78. The smallest absolute Gasteiger partial charge is 0.219 e. The van der Waals surface area contributed by atoms with Gasteiger partial charge in [0.15, 0.2) is 0 Å². The van der Waals surface area contributed by atoms with Gasteiger partial charge in [-0.1, -0.05) is 28.1 Å². The molecule has 1 fully saturated rings. The van der Waals surface area contributed by atoms with E-state index in [1.807, 2.05) is 24.3 Å². The highest BCUT2D eigenvalue weighted by atomic mass is 79.9. The number of halogens is 1. The molecule has 0 amide bonds. The molecule has 20 heavy (non-hydrogen) atoms. The van der Waals surface area contributed by atoms with Gasteiger partial charge in [-0.25, -0.2) is 10.8 Å². The minimum absolute atomic E-state index is 0.457. The summed E-state index contributed by atoms with van der Waals surface area (Å²) in [5.41, 5.74) is 3.64. The lowest BCUT2D eigenvalue weighted by atomic mass is 10.2. The van der Waals surface area contributed by atoms with Gasteiger partial charge in [0.2, 0.25) is 5.88 Å². The molecule has 0 unspecified atom stereocenters. The summed E-state index contributed by atoms with van der Waals surface area (Å²) >= 11 is 3.41. The van der Waals surface area contributed by atoms with Gasteiger partial charge in [0.1, 0.15) is 18.2 Å². The van der Waals surface area contributed by atoms with E-state index in [1.54, 1.807) is 6.07 Å². The van der Waals surface area contributed by atoms with E-state index in [9.17, 15) is 0 Å². The van der Waals surface area contributed by atoms with E-state index in [1.165, 1.54) is 0 Å². The average molecular weight is 335 g/mol. The number of nitrogens with zero attached hydrogens (tertiary/aromatic N) is 2. The van der Waals surface area contributed by atoms with Crippen molar-refractivity contribution in [2.75, 3.05) is 5.43 Å². The number of benzene rings is 1. The van der Waals surface area contributed by atoms with E-state index in [4.69, 9.17) is 10.6 Å². The van der Waals surface area contributed by atoms with Crippen LogP contribution in [0.1, 0.15) is 30.1 Å². The van der Waals surface area contributed by atoms with Gasteiger partial charge in [0.25, 0.3) is 0 Å². The van der Waals surface area contributed by atoms with Crippen LogP contribution in [0.3, 0.4) is 0 Å². The normalized spacial score (nSPS) is 14.1. The van der Waals surface area contributed by atoms with Crippen molar-refractivity contribution in [2.24, 2.45) is 5.84 Å². The zero-order chi connectivity index (χ0) is 13.9. The lowest BCUT2D eigenvalue weighted by Gasteiger charge is -2.09. The molecule has 5 nitrogen and oxygen atoms in total. The SMILES string of the molecule is NNc1cc(OCc2ccc(Br)cc2)nc(C2CC2)n1. The summed E-state index contributed by atoms with van der Waals surface area (Å²) < 4.78 is 6.78. The van der Waals surface area contributed by atoms with E-state index >= 15 is 0 Å². The van der Waals surface area contributed by atoms with Crippen LogP contribution in [0.5, 0.6) is 5.88 Å². The van der Waals surface area contributed by atoms with Crippen LogP contribution in [0.2, 0.25) is 0 Å². The maximum atomic E-state index is 5.73. The molecule has 2 aromatic rings. The van der Waals surface area contributed by atoms with Crippen LogP contribution < -0.4 is 16.0 Å². The highest BCUT2D eigenvalue weighted by molar-refractivity contribution is 9.10. The largest absolute Gasteiger partial charge is 0.473 e. The molecule has 1 aliphatic carbocycles. The quantitative estimate of drug-likeness (QED) is 0.649. The highest BCUT2D eigenvalue weighted by Gasteiger charge is 2.27. The third-order valence-electron chi connectivity index (χ3n) is 3.11. The van der Waals surface area contributed by atoms with Crippen LogP contribution in [-0.2, 0) is 6.61 Å². The summed E-state index contributed by atoms with van der Waals surface area (Å²) in [5.74, 6) is 7.84. The van der Waals surface area contributed by atoms with Crippen LogP contribution in [0.15, 0.2) is 34.8 Å². The minimum Gasteiger partial charge on any atom is -0.473 e. The zero-order valence-electron chi connectivity index (χ0n) is 10.8. The van der Waals surface area contributed by atoms with Crippen molar-refractivity contribution in [2.45, 2.75) is 25.4 Å². The Labute approximate surface area is 125 Å². The molecular weight excluding hydrogens is 320 g/mol. The van der Waals surface area contributed by atoms with Crippen molar-refractivity contribution < 1.29 is 4.74 Å². The van der Waals surface area contributed by atoms with Crippen LogP contribution in [0.25, 0.3) is 0 Å². The summed E-state index contributed by atoms with van der Waals surface area (Å²) in [6.45, 7) is 0.471. The fourth-order valence-corrected chi connectivity index (χ4v) is 2.12. The molecule has 0 saturated heterocycles. The first-order chi connectivity index (χ1) is 9.74. The van der Waals surface area contributed by atoms with E-state index in [2.05, 4.69) is 31.3 Å². The number of nitrogen functional groups attached to an aromatic ring is 1. The Balaban J connectivity index is 1.72. The first kappa shape index (κ1) is 13.3. The van der Waals surface area contributed by atoms with Gasteiger partial charge in [0.05, 0.1) is 0 Å². The van der Waals surface area contributed by atoms with Crippen molar-refractivity contribution in [1.82, 2.24) is 9.97 Å². The number of rotatable bonds is 5. The molecule has 0 atom stereocenters. The number of hydrazine groups is 1. The lowest BCUT2D eigenvalue weighted by Crippen LogP contribution is -2.11. The summed E-state index contributed by atoms with van der Waals surface area (Å²) in [7, 11) is 0. The monoisotopic (exact) mass is 334 g/mol. The summed E-state index contributed by atoms with van der Waals surface area (Å²) in [5, 5.41) is 0. The number of nitrogens with one attached hydrogen (secondary N) is 1. The Bertz CT molecular complexity index is 599. The minimum atomic E-state index is 0.457. The number of ether oxygens (including phenoxy) is 1. The van der Waals surface area contributed by atoms with Gasteiger partial charge in [-0.05, 0) is 30.5 Å². The van der Waals surface area contributed by atoms with Gasteiger partial charge in [0, 0.05) is 16.5 Å². The molecule has 3 rings (SSSR count). The molecule has 0 spiro atoms. The van der Waals surface area contributed by atoms with Gasteiger partial charge in [-0.15, -0.1) is 0 Å². The molecule has 6 heteroatoms. The Kier molecular flexibility index (Phi) is 3.84. The summed E-state index contributed by atoms with van der Waals surface area (Å²) in [6, 6.07) is 9.71. The van der Waals surface area contributed by atoms with Crippen LogP contribution in [0, 0.1) is 0 Å². The Morgan fingerprint density at radius 2 is 2.00 bits per heavy atom. The second kappa shape index (κ2) is 5.76. The number of hydrogen-bond acceptors (Lipinski definition) is 5. The summed E-state index contributed by atoms with van der Waals surface area (Å²) in [4.78, 5) is 8.78. The van der Waals surface area contributed by atoms with Gasteiger partial charge >= 0.3 is 0 Å². The Morgan fingerprint density at radius 1 is 1.25 bits per heavy atom. The van der Waals surface area contributed by atoms with E-state index in [-0.39, 0.29) is 0 Å². The number of nitrogens with two attached hydrogens (primary N) is 1. The second-order valence-corrected chi connectivity index (χ2v) is 5.70. The van der Waals surface area contributed by atoms with Crippen molar-refractivity contribution in [1.29, 1.82) is 0 Å². The molecule has 0 bridgehead atoms. The van der Waals surface area contributed by atoms with Crippen molar-refractivity contribution in [3.05, 3.63) is 46.2 Å². The molecule has 3 N–H and O–H groups in total. The van der Waals surface area contributed by atoms with Crippen LogP contribution in [0.4, 0.5) is 5.82 Å². The molecule has 1 aliphatic rings. The lowest BCUT2D eigenvalue weighted by molar-refractivity contribution is 0.292. The van der Waals surface area contributed by atoms with Gasteiger partial charge in [-0.3, -0.25) is 0 Å². The maximum Gasteiger partial charge on any atom is 0.219 e. The third-order valence-corrected chi connectivity index (χ3v) is 3.64. The topological polar surface area (TPSA) is 73.1 Å². The van der Waals surface area contributed by atoms with Crippen molar-refractivity contribution in [3.63, 3.8) is 0 Å². The molecule has 0 aliphatic heterocycles. The molecule has 0 radical (unpaired) electrons. The molecule has 1 saturated carbocycles. The molecule has 1 heterocycles. The standard InChI is InChI=1S/C14H15BrN4O/c15-11-5-1-9(2-6-11)8-20-13-7-12(19-16)17-14(18-13)10-3-4-10/h1-2,5-7,10H,3-4,8,16H2,(H,17,18,19). The number of aromatic nitrogens is 2. The van der Waals surface area contributed by atoms with Crippen LogP contribution >= 0.6 is 15.9 Å². The van der Waals surface area contributed by atoms with Crippen molar-refractivity contribution >= 4 is 21.7 Å². The summed E-state index contributed by atoms with van der Waals surface area (Å²) in [6.07, 6.45) is 2.28. The van der Waals surface area contributed by atoms with Crippen LogP contribution in [-0.4, -0.2) is 9.97 Å². The molecule has 1 aromatic heterocycles. The zero-order valence-corrected chi connectivity index (χ0v) is 12.4. The van der Waals surface area contributed by atoms with Gasteiger partial charge < -0.3 is 10.2 Å². The molecule has 1 aromatic carbocycles. The number of hydrogen-bond donors (Lipinski definition) is 2. The first-order valence-electron chi connectivity index (χ1n) is 6.47. The fourth-order valence-electron chi connectivity index (χ4n) is 1.85. The van der Waals surface area contributed by atoms with E-state index in [0.717, 1.165) is 28.7 Å². The molecule has 104 valence electrons. The predicted octanol–water partition coefficient (Wildman–Crippen LogP) is 2.98. The third kappa shape index (κ3) is 3.26. The average Bonchev–Trinajstić information content (AvgIpc) is 3.31. The van der Waals surface area contributed by atoms with E-state index in [0.29, 0.717) is 24.2 Å². The maximum absolute atomic E-state index is 5.73. The Hall–Kier alpha value is -1.66. The van der Waals surface area contributed by atoms with Crippen molar-refractivity contribution in [3.8, 4) is 5.88 Å². The van der Waals surface area contributed by atoms with Gasteiger partial charge in [-0.2, -0.15) is 4.98 Å². The first-order valence-corrected chi connectivity index (χ1v) is 7.27. The predicted molar refractivity (Wildman–Crippen MR) is 80.3 cm³/mol. The Morgan fingerprint density at radius 3 is 2.65 bits per heavy atom. The molecular formula is C14H15BrN4O.